The number of nitrogens with one attached hydrogen (secondary N) is 1. The molecule has 0 aliphatic rings. The zero-order valence-electron chi connectivity index (χ0n) is 12.1. The van der Waals surface area contributed by atoms with Crippen LogP contribution in [0.2, 0.25) is 0 Å². The highest BCUT2D eigenvalue weighted by Gasteiger charge is 2.17. The van der Waals surface area contributed by atoms with Gasteiger partial charge >= 0.3 is 0 Å². The molecule has 0 unspecified atom stereocenters. The number of ether oxygens (including phenoxy) is 1. The summed E-state index contributed by atoms with van der Waals surface area (Å²) in [5.74, 6) is 0.643. The molecule has 7 heteroatoms. The van der Waals surface area contributed by atoms with Crippen molar-refractivity contribution in [2.75, 3.05) is 4.72 Å². The number of rotatable bonds is 4. The Bertz CT molecular complexity index is 692. The van der Waals surface area contributed by atoms with Crippen LogP contribution in [-0.2, 0) is 10.0 Å². The highest BCUT2D eigenvalue weighted by Crippen LogP contribution is 2.21. The minimum Gasteiger partial charge on any atom is -0.488 e. The first-order chi connectivity index (χ1) is 9.76. The van der Waals surface area contributed by atoms with E-state index in [0.29, 0.717) is 5.75 Å². The summed E-state index contributed by atoms with van der Waals surface area (Å²) in [6.07, 6.45) is 2.93. The third-order valence-electron chi connectivity index (χ3n) is 2.35. The third kappa shape index (κ3) is 4.42. The van der Waals surface area contributed by atoms with Crippen LogP contribution >= 0.6 is 0 Å². The molecule has 0 aliphatic heterocycles. The molecule has 0 saturated carbocycles. The summed E-state index contributed by atoms with van der Waals surface area (Å²) in [5, 5.41) is 0. The fourth-order valence-electron chi connectivity index (χ4n) is 1.57. The number of sulfonamides is 1. The van der Waals surface area contributed by atoms with Crippen LogP contribution in [-0.4, -0.2) is 24.0 Å². The molecule has 2 aromatic rings. The predicted octanol–water partition coefficient (Wildman–Crippen LogP) is 2.45. The number of aromatic nitrogens is 2. The zero-order valence-corrected chi connectivity index (χ0v) is 12.9. The Hall–Kier alpha value is -2.15. The summed E-state index contributed by atoms with van der Waals surface area (Å²) in [6.45, 7) is 5.77. The van der Waals surface area contributed by atoms with Crippen LogP contribution in [0.15, 0.2) is 47.6 Å². The van der Waals surface area contributed by atoms with Gasteiger partial charge in [0.2, 0.25) is 5.95 Å². The molecule has 112 valence electrons. The monoisotopic (exact) mass is 307 g/mol. The summed E-state index contributed by atoms with van der Waals surface area (Å²) in [4.78, 5) is 7.78. The number of anilines is 1. The van der Waals surface area contributed by atoms with Crippen molar-refractivity contribution in [2.24, 2.45) is 0 Å². The van der Waals surface area contributed by atoms with Gasteiger partial charge < -0.3 is 4.74 Å². The molecular formula is C14H17N3O3S. The van der Waals surface area contributed by atoms with Crippen LogP contribution < -0.4 is 9.46 Å². The van der Waals surface area contributed by atoms with Crippen molar-refractivity contribution in [3.05, 3.63) is 42.7 Å². The minimum absolute atomic E-state index is 0.0347. The third-order valence-corrected chi connectivity index (χ3v) is 3.69. The van der Waals surface area contributed by atoms with Crippen molar-refractivity contribution in [3.63, 3.8) is 0 Å². The fraction of sp³-hybridized carbons (Fsp3) is 0.286. The Morgan fingerprint density at radius 2 is 1.62 bits per heavy atom. The van der Waals surface area contributed by atoms with Crippen LogP contribution in [0.25, 0.3) is 0 Å². The maximum absolute atomic E-state index is 12.2. The second kappa shape index (κ2) is 5.69. The molecule has 2 rings (SSSR count). The van der Waals surface area contributed by atoms with E-state index in [-0.39, 0.29) is 16.4 Å². The van der Waals surface area contributed by atoms with E-state index in [1.807, 2.05) is 20.8 Å². The van der Waals surface area contributed by atoms with Crippen molar-refractivity contribution in [1.82, 2.24) is 9.97 Å². The molecule has 0 aliphatic carbocycles. The lowest BCUT2D eigenvalue weighted by molar-refractivity contribution is 0.131. The van der Waals surface area contributed by atoms with Crippen LogP contribution in [0, 0.1) is 0 Å². The number of hydrogen-bond donors (Lipinski definition) is 1. The van der Waals surface area contributed by atoms with Crippen LogP contribution in [0.5, 0.6) is 5.75 Å². The average Bonchev–Trinajstić information content (AvgIpc) is 2.38. The van der Waals surface area contributed by atoms with Crippen LogP contribution in [0.1, 0.15) is 20.8 Å². The Balaban J connectivity index is 2.18. The maximum Gasteiger partial charge on any atom is 0.264 e. The molecule has 0 fully saturated rings. The Kier molecular flexibility index (Phi) is 4.13. The predicted molar refractivity (Wildman–Crippen MR) is 79.7 cm³/mol. The van der Waals surface area contributed by atoms with Gasteiger partial charge in [0.05, 0.1) is 4.90 Å². The molecule has 1 aromatic heterocycles. The van der Waals surface area contributed by atoms with Crippen LogP contribution in [0.4, 0.5) is 5.95 Å². The van der Waals surface area contributed by atoms with Gasteiger partial charge in [-0.3, -0.25) is 0 Å². The minimum atomic E-state index is -3.70. The fourth-order valence-corrected chi connectivity index (χ4v) is 2.53. The van der Waals surface area contributed by atoms with Gasteiger partial charge in [0.15, 0.2) is 0 Å². The highest BCUT2D eigenvalue weighted by molar-refractivity contribution is 7.92. The first-order valence-corrected chi connectivity index (χ1v) is 7.83. The molecule has 6 nitrogen and oxygen atoms in total. The van der Waals surface area contributed by atoms with Crippen molar-refractivity contribution >= 4 is 16.0 Å². The van der Waals surface area contributed by atoms with Crippen molar-refractivity contribution < 1.29 is 13.2 Å². The highest BCUT2D eigenvalue weighted by atomic mass is 32.2. The standard InChI is InChI=1S/C14H17N3O3S/c1-14(2,3)20-11-5-7-12(8-6-11)21(18,19)17-13-15-9-4-10-16-13/h4-10H,1-3H3,(H,15,16,17). The number of nitrogens with zero attached hydrogens (tertiary/aromatic N) is 2. The van der Waals surface area contributed by atoms with Gasteiger partial charge in [-0.05, 0) is 51.1 Å². The summed E-state index contributed by atoms with van der Waals surface area (Å²) in [6, 6.07) is 7.80. The lowest BCUT2D eigenvalue weighted by atomic mass is 10.2. The summed E-state index contributed by atoms with van der Waals surface area (Å²) in [5.41, 5.74) is -0.337. The smallest absolute Gasteiger partial charge is 0.264 e. The Morgan fingerprint density at radius 1 is 1.05 bits per heavy atom. The summed E-state index contributed by atoms with van der Waals surface area (Å²) >= 11 is 0. The van der Waals surface area contributed by atoms with Gasteiger partial charge in [-0.1, -0.05) is 0 Å². The first kappa shape index (κ1) is 15.2. The lowest BCUT2D eigenvalue weighted by Crippen LogP contribution is -2.23. The van der Waals surface area contributed by atoms with E-state index in [1.165, 1.54) is 24.5 Å². The molecule has 0 saturated heterocycles. The van der Waals surface area contributed by atoms with E-state index in [9.17, 15) is 8.42 Å². The number of hydrogen-bond acceptors (Lipinski definition) is 5. The molecule has 0 bridgehead atoms. The SMILES string of the molecule is CC(C)(C)Oc1ccc(S(=O)(=O)Nc2ncccn2)cc1. The van der Waals surface area contributed by atoms with E-state index >= 15 is 0 Å². The topological polar surface area (TPSA) is 81.2 Å². The van der Waals surface area contributed by atoms with Gasteiger partial charge in [-0.15, -0.1) is 0 Å². The first-order valence-electron chi connectivity index (χ1n) is 6.35. The number of benzene rings is 1. The largest absolute Gasteiger partial charge is 0.488 e. The van der Waals surface area contributed by atoms with E-state index in [1.54, 1.807) is 18.2 Å². The molecule has 21 heavy (non-hydrogen) atoms. The zero-order chi connectivity index (χ0) is 15.5. The molecule has 0 amide bonds. The molecule has 0 atom stereocenters. The molecule has 1 heterocycles. The molecule has 1 aromatic carbocycles. The Labute approximate surface area is 124 Å². The normalized spacial score (nSPS) is 12.0. The lowest BCUT2D eigenvalue weighted by Gasteiger charge is -2.21. The van der Waals surface area contributed by atoms with E-state index in [4.69, 9.17) is 4.74 Å². The maximum atomic E-state index is 12.2. The van der Waals surface area contributed by atoms with Gasteiger partial charge in [0, 0.05) is 12.4 Å². The Morgan fingerprint density at radius 3 is 2.14 bits per heavy atom. The van der Waals surface area contributed by atoms with Gasteiger partial charge in [0.25, 0.3) is 10.0 Å². The van der Waals surface area contributed by atoms with Gasteiger partial charge in [-0.25, -0.2) is 23.1 Å². The molecule has 1 N–H and O–H groups in total. The van der Waals surface area contributed by atoms with Gasteiger partial charge in [-0.2, -0.15) is 0 Å². The van der Waals surface area contributed by atoms with Crippen LogP contribution in [0.3, 0.4) is 0 Å². The van der Waals surface area contributed by atoms with Crippen molar-refractivity contribution in [1.29, 1.82) is 0 Å². The van der Waals surface area contributed by atoms with Crippen molar-refractivity contribution in [2.45, 2.75) is 31.3 Å². The molecular weight excluding hydrogens is 290 g/mol. The van der Waals surface area contributed by atoms with E-state index in [2.05, 4.69) is 14.7 Å². The molecule has 0 spiro atoms. The second-order valence-electron chi connectivity index (χ2n) is 5.36. The van der Waals surface area contributed by atoms with Gasteiger partial charge in [0.1, 0.15) is 11.4 Å². The average molecular weight is 307 g/mol. The quantitative estimate of drug-likeness (QED) is 0.938. The second-order valence-corrected chi connectivity index (χ2v) is 7.05. The summed E-state index contributed by atoms with van der Waals surface area (Å²) < 4.78 is 32.3. The summed E-state index contributed by atoms with van der Waals surface area (Å²) in [7, 11) is -3.70. The van der Waals surface area contributed by atoms with E-state index < -0.39 is 10.0 Å². The van der Waals surface area contributed by atoms with E-state index in [0.717, 1.165) is 0 Å². The molecule has 0 radical (unpaired) electrons. The van der Waals surface area contributed by atoms with Crippen molar-refractivity contribution in [3.8, 4) is 5.75 Å².